The van der Waals surface area contributed by atoms with Gasteiger partial charge in [0.15, 0.2) is 5.78 Å². The molecule has 5 nitrogen and oxygen atoms in total. The molecule has 0 radical (unpaired) electrons. The number of rotatable bonds is 7. The zero-order valence-corrected chi connectivity index (χ0v) is 19.3. The summed E-state index contributed by atoms with van der Waals surface area (Å²) in [5.41, 5.74) is 1.02. The summed E-state index contributed by atoms with van der Waals surface area (Å²) in [6, 6.07) is 12.7. The van der Waals surface area contributed by atoms with Crippen LogP contribution in [0.15, 0.2) is 42.5 Å². The molecule has 32 heavy (non-hydrogen) atoms. The molecule has 170 valence electrons. The Kier molecular flexibility index (Phi) is 7.59. The molecule has 1 aliphatic heterocycles. The second kappa shape index (κ2) is 10.6. The van der Waals surface area contributed by atoms with E-state index in [1.54, 1.807) is 30.3 Å². The summed E-state index contributed by atoms with van der Waals surface area (Å²) in [6.07, 6.45) is 4.82. The number of carbonyl (C=O) groups excluding carboxylic acids is 2. The fourth-order valence-corrected chi connectivity index (χ4v) is 4.71. The zero-order valence-electron chi connectivity index (χ0n) is 17.8. The molecule has 1 amide bonds. The van der Waals surface area contributed by atoms with Gasteiger partial charge in [0.1, 0.15) is 24.7 Å². The Morgan fingerprint density at radius 1 is 1.00 bits per heavy atom. The molecule has 1 aliphatic carbocycles. The molecule has 4 rings (SSSR count). The van der Waals surface area contributed by atoms with E-state index in [0.29, 0.717) is 41.2 Å². The second-order valence-electron chi connectivity index (χ2n) is 8.68. The van der Waals surface area contributed by atoms with Gasteiger partial charge in [-0.15, -0.1) is 0 Å². The minimum Gasteiger partial charge on any atom is -0.492 e. The van der Waals surface area contributed by atoms with Crippen LogP contribution in [0.4, 0.5) is 0 Å². The van der Waals surface area contributed by atoms with Crippen LogP contribution >= 0.6 is 23.2 Å². The summed E-state index contributed by atoms with van der Waals surface area (Å²) in [6.45, 7) is 0.448. The SMILES string of the molecule is O=C(COc1ccc(Cl)cc1)CC1CCC(NC(=O)C2COc3cc(Cl)ccc3C2)CC1. The summed E-state index contributed by atoms with van der Waals surface area (Å²) < 4.78 is 11.3. The molecule has 2 aromatic carbocycles. The first-order chi connectivity index (χ1) is 15.5. The van der Waals surface area contributed by atoms with Crippen LogP contribution in [0.2, 0.25) is 10.0 Å². The molecule has 1 N–H and O–H groups in total. The number of amides is 1. The summed E-state index contributed by atoms with van der Waals surface area (Å²) in [4.78, 5) is 25.0. The van der Waals surface area contributed by atoms with Crippen LogP contribution in [0.1, 0.15) is 37.7 Å². The molecule has 0 saturated heterocycles. The summed E-state index contributed by atoms with van der Waals surface area (Å²) in [7, 11) is 0. The van der Waals surface area contributed by atoms with Crippen molar-refractivity contribution in [3.05, 3.63) is 58.1 Å². The van der Waals surface area contributed by atoms with Gasteiger partial charge in [-0.25, -0.2) is 0 Å². The lowest BCUT2D eigenvalue weighted by Crippen LogP contribution is -2.44. The standard InChI is InChI=1S/C25H27Cl2NO4/c26-19-5-9-23(10-6-19)31-15-22(29)11-16-1-7-21(8-2-16)28-25(30)18-12-17-3-4-20(27)13-24(17)32-14-18/h3-6,9-10,13,16,18,21H,1-2,7-8,11-12,14-15H2,(H,28,30). The molecule has 1 saturated carbocycles. The average Bonchev–Trinajstić information content (AvgIpc) is 2.79. The number of Topliss-reactive ketones (excluding diaryl/α,β-unsaturated/α-hetero) is 1. The Bertz CT molecular complexity index is 955. The summed E-state index contributed by atoms with van der Waals surface area (Å²) in [5, 5.41) is 4.47. The van der Waals surface area contributed by atoms with Gasteiger partial charge in [0.25, 0.3) is 0 Å². The van der Waals surface area contributed by atoms with E-state index < -0.39 is 0 Å². The van der Waals surface area contributed by atoms with E-state index in [0.717, 1.165) is 37.0 Å². The van der Waals surface area contributed by atoms with E-state index in [-0.39, 0.29) is 30.3 Å². The molecule has 0 bridgehead atoms. The van der Waals surface area contributed by atoms with Crippen molar-refractivity contribution in [3.63, 3.8) is 0 Å². The maximum Gasteiger partial charge on any atom is 0.227 e. The predicted molar refractivity (Wildman–Crippen MR) is 125 cm³/mol. The van der Waals surface area contributed by atoms with Gasteiger partial charge in [-0.05, 0) is 80.0 Å². The first-order valence-corrected chi connectivity index (χ1v) is 11.8. The van der Waals surface area contributed by atoms with E-state index in [1.165, 1.54) is 0 Å². The van der Waals surface area contributed by atoms with Crippen molar-refractivity contribution < 1.29 is 19.1 Å². The maximum absolute atomic E-state index is 12.7. The Morgan fingerprint density at radius 2 is 1.72 bits per heavy atom. The number of hydrogen-bond acceptors (Lipinski definition) is 4. The maximum atomic E-state index is 12.7. The average molecular weight is 476 g/mol. The highest BCUT2D eigenvalue weighted by atomic mass is 35.5. The normalized spacial score (nSPS) is 22.4. The van der Waals surface area contributed by atoms with Crippen LogP contribution in [-0.4, -0.2) is 30.9 Å². The van der Waals surface area contributed by atoms with Gasteiger partial charge in [0.05, 0.1) is 5.92 Å². The molecule has 1 unspecified atom stereocenters. The van der Waals surface area contributed by atoms with Gasteiger partial charge in [0.2, 0.25) is 5.91 Å². The quantitative estimate of drug-likeness (QED) is 0.593. The molecule has 0 spiro atoms. The number of fused-ring (bicyclic) bond motifs is 1. The number of nitrogens with one attached hydrogen (secondary N) is 1. The van der Waals surface area contributed by atoms with Crippen LogP contribution in [0, 0.1) is 11.8 Å². The van der Waals surface area contributed by atoms with Crippen LogP contribution < -0.4 is 14.8 Å². The highest BCUT2D eigenvalue weighted by Crippen LogP contribution is 2.31. The van der Waals surface area contributed by atoms with Crippen LogP contribution in [0.25, 0.3) is 0 Å². The number of ketones is 1. The summed E-state index contributed by atoms with van der Waals surface area (Å²) in [5.74, 6) is 1.72. The van der Waals surface area contributed by atoms with Crippen molar-refractivity contribution in [2.75, 3.05) is 13.2 Å². The highest BCUT2D eigenvalue weighted by molar-refractivity contribution is 6.31. The third-order valence-electron chi connectivity index (χ3n) is 6.23. The highest BCUT2D eigenvalue weighted by Gasteiger charge is 2.29. The van der Waals surface area contributed by atoms with Crippen molar-refractivity contribution in [2.45, 2.75) is 44.6 Å². The summed E-state index contributed by atoms with van der Waals surface area (Å²) >= 11 is 11.9. The Hall–Kier alpha value is -2.24. The fraction of sp³-hybridized carbons (Fsp3) is 0.440. The monoisotopic (exact) mass is 475 g/mol. The van der Waals surface area contributed by atoms with Crippen LogP contribution in [-0.2, 0) is 16.0 Å². The van der Waals surface area contributed by atoms with E-state index in [9.17, 15) is 9.59 Å². The zero-order chi connectivity index (χ0) is 22.5. The third-order valence-corrected chi connectivity index (χ3v) is 6.72. The smallest absolute Gasteiger partial charge is 0.227 e. The Balaban J connectivity index is 1.17. The molecule has 0 aromatic heterocycles. The molecular weight excluding hydrogens is 449 g/mol. The molecule has 2 aromatic rings. The number of halogens is 2. The van der Waals surface area contributed by atoms with E-state index in [4.69, 9.17) is 32.7 Å². The molecular formula is C25H27Cl2NO4. The van der Waals surface area contributed by atoms with Gasteiger partial charge in [-0.3, -0.25) is 9.59 Å². The Labute approximate surface area is 198 Å². The number of ether oxygens (including phenoxy) is 2. The van der Waals surface area contributed by atoms with Crippen molar-refractivity contribution >= 4 is 34.9 Å². The van der Waals surface area contributed by atoms with E-state index in [1.807, 2.05) is 12.1 Å². The van der Waals surface area contributed by atoms with Gasteiger partial charge < -0.3 is 14.8 Å². The van der Waals surface area contributed by atoms with E-state index in [2.05, 4.69) is 5.32 Å². The van der Waals surface area contributed by atoms with Gasteiger partial charge in [-0.1, -0.05) is 29.3 Å². The first kappa shape index (κ1) is 22.9. The van der Waals surface area contributed by atoms with E-state index >= 15 is 0 Å². The molecule has 1 atom stereocenters. The lowest BCUT2D eigenvalue weighted by molar-refractivity contribution is -0.127. The second-order valence-corrected chi connectivity index (χ2v) is 9.55. The minimum absolute atomic E-state index is 0.0430. The van der Waals surface area contributed by atoms with Gasteiger partial charge in [-0.2, -0.15) is 0 Å². The third kappa shape index (κ3) is 6.17. The topological polar surface area (TPSA) is 64.6 Å². The lowest BCUT2D eigenvalue weighted by Gasteiger charge is -2.31. The molecule has 1 fully saturated rings. The molecule has 1 heterocycles. The van der Waals surface area contributed by atoms with Gasteiger partial charge in [0, 0.05) is 22.5 Å². The van der Waals surface area contributed by atoms with Crippen LogP contribution in [0.3, 0.4) is 0 Å². The number of hydrogen-bond donors (Lipinski definition) is 1. The largest absolute Gasteiger partial charge is 0.492 e. The predicted octanol–water partition coefficient (Wildman–Crippen LogP) is 5.26. The first-order valence-electron chi connectivity index (χ1n) is 11.1. The van der Waals surface area contributed by atoms with Crippen molar-refractivity contribution in [1.82, 2.24) is 5.32 Å². The number of carbonyl (C=O) groups is 2. The van der Waals surface area contributed by atoms with Crippen molar-refractivity contribution in [1.29, 1.82) is 0 Å². The number of benzene rings is 2. The lowest BCUT2D eigenvalue weighted by atomic mass is 9.83. The Morgan fingerprint density at radius 3 is 2.47 bits per heavy atom. The van der Waals surface area contributed by atoms with Gasteiger partial charge >= 0.3 is 0 Å². The fourth-order valence-electron chi connectivity index (χ4n) is 4.42. The molecule has 2 aliphatic rings. The van der Waals surface area contributed by atoms with Crippen molar-refractivity contribution in [2.24, 2.45) is 11.8 Å². The molecule has 7 heteroatoms. The van der Waals surface area contributed by atoms with Crippen molar-refractivity contribution in [3.8, 4) is 11.5 Å². The minimum atomic E-state index is -0.187. The van der Waals surface area contributed by atoms with Crippen LogP contribution in [0.5, 0.6) is 11.5 Å².